The minimum absolute atomic E-state index is 0.153. The van der Waals surface area contributed by atoms with Crippen molar-refractivity contribution in [2.24, 2.45) is 11.8 Å². The number of aldehydes is 1. The Morgan fingerprint density at radius 3 is 2.74 bits per heavy atom. The van der Waals surface area contributed by atoms with E-state index in [2.05, 4.69) is 37.3 Å². The van der Waals surface area contributed by atoms with Crippen molar-refractivity contribution < 1.29 is 4.79 Å². The van der Waals surface area contributed by atoms with Gasteiger partial charge in [0, 0.05) is 5.92 Å². The molecule has 0 heterocycles. The van der Waals surface area contributed by atoms with E-state index < -0.39 is 0 Å². The first-order valence-corrected chi connectivity index (χ1v) is 7.56. The molecular weight excluding hydrogens is 232 g/mol. The standard InChI is InChI=1S/C18H24O/c1-2-3-10-16-11-7-12-17(18(16)14-19)13-15-8-5-4-6-9-15/h4-6,8-9,13-14,16,18H,2-3,7,10-12H2,1H3/b17-13+. The Morgan fingerprint density at radius 1 is 1.26 bits per heavy atom. The molecular formula is C18H24O. The number of unbranched alkanes of at least 4 members (excludes halogenated alkanes) is 1. The van der Waals surface area contributed by atoms with Crippen LogP contribution < -0.4 is 0 Å². The van der Waals surface area contributed by atoms with Gasteiger partial charge in [-0.3, -0.25) is 0 Å². The van der Waals surface area contributed by atoms with Gasteiger partial charge in [-0.1, -0.05) is 61.7 Å². The Balaban J connectivity index is 2.14. The van der Waals surface area contributed by atoms with E-state index in [0.29, 0.717) is 5.92 Å². The molecule has 0 saturated heterocycles. The number of benzene rings is 1. The lowest BCUT2D eigenvalue weighted by Gasteiger charge is -2.30. The van der Waals surface area contributed by atoms with E-state index >= 15 is 0 Å². The zero-order chi connectivity index (χ0) is 13.5. The van der Waals surface area contributed by atoms with Crippen molar-refractivity contribution in [1.29, 1.82) is 0 Å². The van der Waals surface area contributed by atoms with Crippen LogP contribution in [0, 0.1) is 11.8 Å². The van der Waals surface area contributed by atoms with Crippen LogP contribution in [0.1, 0.15) is 51.0 Å². The quantitative estimate of drug-likeness (QED) is 0.686. The Hall–Kier alpha value is -1.37. The van der Waals surface area contributed by atoms with E-state index in [0.717, 1.165) is 6.42 Å². The molecule has 0 bridgehead atoms. The molecule has 19 heavy (non-hydrogen) atoms. The number of carbonyl (C=O) groups excluding carboxylic acids is 1. The number of hydrogen-bond acceptors (Lipinski definition) is 1. The van der Waals surface area contributed by atoms with Crippen LogP contribution >= 0.6 is 0 Å². The molecule has 0 spiro atoms. The normalized spacial score (nSPS) is 25.4. The predicted molar refractivity (Wildman–Crippen MR) is 80.8 cm³/mol. The summed E-state index contributed by atoms with van der Waals surface area (Å²) in [6.45, 7) is 2.22. The van der Waals surface area contributed by atoms with Crippen LogP contribution in [-0.2, 0) is 4.79 Å². The summed E-state index contributed by atoms with van der Waals surface area (Å²) in [6, 6.07) is 10.4. The molecule has 1 fully saturated rings. The molecule has 1 heteroatoms. The van der Waals surface area contributed by atoms with Crippen LogP contribution in [0.25, 0.3) is 6.08 Å². The fraction of sp³-hybridized carbons (Fsp3) is 0.500. The summed E-state index contributed by atoms with van der Waals surface area (Å²) in [6.07, 6.45) is 10.6. The van der Waals surface area contributed by atoms with Crippen molar-refractivity contribution >= 4 is 12.4 Å². The van der Waals surface area contributed by atoms with Gasteiger partial charge in [0.05, 0.1) is 0 Å². The topological polar surface area (TPSA) is 17.1 Å². The third-order valence-corrected chi connectivity index (χ3v) is 4.20. The molecule has 1 aromatic rings. The minimum Gasteiger partial charge on any atom is -0.303 e. The van der Waals surface area contributed by atoms with Crippen LogP contribution in [0.5, 0.6) is 0 Å². The Labute approximate surface area is 116 Å². The van der Waals surface area contributed by atoms with E-state index in [4.69, 9.17) is 0 Å². The molecule has 0 aromatic heterocycles. The SMILES string of the molecule is CCCCC1CCC/C(=C\c2ccccc2)C1C=O. The van der Waals surface area contributed by atoms with Gasteiger partial charge in [-0.05, 0) is 37.2 Å². The van der Waals surface area contributed by atoms with Crippen LogP contribution in [0.15, 0.2) is 35.9 Å². The van der Waals surface area contributed by atoms with E-state index in [-0.39, 0.29) is 5.92 Å². The van der Waals surface area contributed by atoms with Crippen molar-refractivity contribution in [2.45, 2.75) is 45.4 Å². The highest BCUT2D eigenvalue weighted by atomic mass is 16.1. The molecule has 0 aliphatic heterocycles. The first-order chi connectivity index (χ1) is 9.35. The Kier molecular flexibility index (Phi) is 5.38. The zero-order valence-corrected chi connectivity index (χ0v) is 11.8. The Bertz CT molecular complexity index is 419. The van der Waals surface area contributed by atoms with Crippen molar-refractivity contribution in [3.63, 3.8) is 0 Å². The lowest BCUT2D eigenvalue weighted by molar-refractivity contribution is -0.111. The summed E-state index contributed by atoms with van der Waals surface area (Å²) in [7, 11) is 0. The van der Waals surface area contributed by atoms with Crippen molar-refractivity contribution in [1.82, 2.24) is 0 Å². The second-order valence-corrected chi connectivity index (χ2v) is 5.59. The van der Waals surface area contributed by atoms with Gasteiger partial charge >= 0.3 is 0 Å². The van der Waals surface area contributed by atoms with Gasteiger partial charge in [-0.2, -0.15) is 0 Å². The van der Waals surface area contributed by atoms with Gasteiger partial charge < -0.3 is 4.79 Å². The smallest absolute Gasteiger partial charge is 0.127 e. The summed E-state index contributed by atoms with van der Waals surface area (Å²) >= 11 is 0. The van der Waals surface area contributed by atoms with E-state index in [1.54, 1.807) is 0 Å². The molecule has 1 nitrogen and oxygen atoms in total. The van der Waals surface area contributed by atoms with Gasteiger partial charge in [-0.25, -0.2) is 0 Å². The highest BCUT2D eigenvalue weighted by molar-refractivity contribution is 5.66. The molecule has 1 saturated carbocycles. The molecule has 1 aliphatic carbocycles. The zero-order valence-electron chi connectivity index (χ0n) is 11.8. The number of carbonyl (C=O) groups is 1. The van der Waals surface area contributed by atoms with Gasteiger partial charge in [-0.15, -0.1) is 0 Å². The molecule has 102 valence electrons. The summed E-state index contributed by atoms with van der Waals surface area (Å²) in [5.74, 6) is 0.724. The maximum absolute atomic E-state index is 11.5. The van der Waals surface area contributed by atoms with Crippen molar-refractivity contribution in [2.75, 3.05) is 0 Å². The van der Waals surface area contributed by atoms with E-state index in [1.165, 1.54) is 49.5 Å². The van der Waals surface area contributed by atoms with Crippen LogP contribution in [0.2, 0.25) is 0 Å². The molecule has 2 atom stereocenters. The van der Waals surface area contributed by atoms with Crippen molar-refractivity contribution in [3.8, 4) is 0 Å². The summed E-state index contributed by atoms with van der Waals surface area (Å²) < 4.78 is 0. The van der Waals surface area contributed by atoms with Crippen LogP contribution in [-0.4, -0.2) is 6.29 Å². The first-order valence-electron chi connectivity index (χ1n) is 7.56. The molecule has 2 unspecified atom stereocenters. The van der Waals surface area contributed by atoms with E-state index in [9.17, 15) is 4.79 Å². The largest absolute Gasteiger partial charge is 0.303 e. The average molecular weight is 256 g/mol. The predicted octanol–water partition coefficient (Wildman–Crippen LogP) is 4.88. The Morgan fingerprint density at radius 2 is 2.05 bits per heavy atom. The minimum atomic E-state index is 0.153. The molecule has 0 radical (unpaired) electrons. The second-order valence-electron chi connectivity index (χ2n) is 5.59. The third-order valence-electron chi connectivity index (χ3n) is 4.20. The third kappa shape index (κ3) is 3.79. The molecule has 0 amide bonds. The number of rotatable bonds is 5. The molecule has 1 aromatic carbocycles. The van der Waals surface area contributed by atoms with Gasteiger partial charge in [0.2, 0.25) is 0 Å². The highest BCUT2D eigenvalue weighted by Crippen LogP contribution is 2.37. The maximum Gasteiger partial charge on any atom is 0.127 e. The highest BCUT2D eigenvalue weighted by Gasteiger charge is 2.27. The van der Waals surface area contributed by atoms with Gasteiger partial charge in [0.25, 0.3) is 0 Å². The van der Waals surface area contributed by atoms with Crippen molar-refractivity contribution in [3.05, 3.63) is 41.5 Å². The molecule has 2 rings (SSSR count). The summed E-state index contributed by atoms with van der Waals surface area (Å²) in [5, 5.41) is 0. The van der Waals surface area contributed by atoms with Gasteiger partial charge in [0.15, 0.2) is 0 Å². The lowest BCUT2D eigenvalue weighted by atomic mass is 9.74. The first kappa shape index (κ1) is 14.0. The summed E-state index contributed by atoms with van der Waals surface area (Å²) in [4.78, 5) is 11.5. The fourth-order valence-corrected chi connectivity index (χ4v) is 3.14. The van der Waals surface area contributed by atoms with Crippen LogP contribution in [0.4, 0.5) is 0 Å². The van der Waals surface area contributed by atoms with Crippen LogP contribution in [0.3, 0.4) is 0 Å². The number of hydrogen-bond donors (Lipinski definition) is 0. The molecule has 1 aliphatic rings. The summed E-state index contributed by atoms with van der Waals surface area (Å²) in [5.41, 5.74) is 2.56. The second kappa shape index (κ2) is 7.28. The number of allylic oxidation sites excluding steroid dienone is 1. The van der Waals surface area contributed by atoms with Gasteiger partial charge in [0.1, 0.15) is 6.29 Å². The van der Waals surface area contributed by atoms with E-state index in [1.807, 2.05) is 6.07 Å². The average Bonchev–Trinajstić information content (AvgIpc) is 2.46. The molecule has 0 N–H and O–H groups in total. The lowest BCUT2D eigenvalue weighted by Crippen LogP contribution is -2.23. The maximum atomic E-state index is 11.5. The fourth-order valence-electron chi connectivity index (χ4n) is 3.14. The monoisotopic (exact) mass is 256 g/mol.